The molecule has 20 heavy (non-hydrogen) atoms. The van der Waals surface area contributed by atoms with Crippen LogP contribution in [-0.2, 0) is 0 Å². The number of rotatable bonds is 4. The van der Waals surface area contributed by atoms with E-state index in [-0.39, 0.29) is 0 Å². The predicted octanol–water partition coefficient (Wildman–Crippen LogP) is 4.65. The summed E-state index contributed by atoms with van der Waals surface area (Å²) in [5.74, 6) is 1.64. The highest BCUT2D eigenvalue weighted by Gasteiger charge is 2.11. The van der Waals surface area contributed by atoms with Gasteiger partial charge in [0, 0.05) is 12.1 Å². The van der Waals surface area contributed by atoms with Gasteiger partial charge >= 0.3 is 0 Å². The summed E-state index contributed by atoms with van der Waals surface area (Å²) in [6.07, 6.45) is 1.06. The third-order valence-corrected chi connectivity index (χ3v) is 4.27. The van der Waals surface area contributed by atoms with Crippen molar-refractivity contribution in [3.8, 4) is 11.4 Å². The van der Waals surface area contributed by atoms with Crippen molar-refractivity contribution in [3.63, 3.8) is 0 Å². The first-order chi connectivity index (χ1) is 9.52. The first kappa shape index (κ1) is 15.0. The molecule has 0 amide bonds. The summed E-state index contributed by atoms with van der Waals surface area (Å²) in [5.41, 5.74) is 4.55. The molecule has 0 bridgehead atoms. The predicted molar refractivity (Wildman–Crippen MR) is 88.2 cm³/mol. The molecule has 1 heterocycles. The summed E-state index contributed by atoms with van der Waals surface area (Å²) in [5, 5.41) is 3.34. The van der Waals surface area contributed by atoms with Crippen LogP contribution in [0.25, 0.3) is 11.4 Å². The van der Waals surface area contributed by atoms with Crippen LogP contribution < -0.4 is 5.32 Å². The maximum atomic E-state index is 4.64. The molecular weight excluding hydrogens is 314 g/mol. The number of benzene rings is 1. The van der Waals surface area contributed by atoms with E-state index in [1.165, 1.54) is 11.1 Å². The Morgan fingerprint density at radius 3 is 2.50 bits per heavy atom. The second-order valence-electron chi connectivity index (χ2n) is 5.02. The van der Waals surface area contributed by atoms with E-state index in [1.807, 2.05) is 6.92 Å². The zero-order valence-electron chi connectivity index (χ0n) is 12.4. The Morgan fingerprint density at radius 2 is 1.85 bits per heavy atom. The van der Waals surface area contributed by atoms with E-state index < -0.39 is 0 Å². The third kappa shape index (κ3) is 3.18. The van der Waals surface area contributed by atoms with Gasteiger partial charge in [-0.05, 0) is 60.3 Å². The molecule has 3 nitrogen and oxygen atoms in total. The van der Waals surface area contributed by atoms with Crippen LogP contribution in [0.15, 0.2) is 22.7 Å². The first-order valence-electron chi connectivity index (χ1n) is 6.88. The van der Waals surface area contributed by atoms with Crippen molar-refractivity contribution in [3.05, 3.63) is 39.5 Å². The van der Waals surface area contributed by atoms with Gasteiger partial charge in [0.2, 0.25) is 0 Å². The summed E-state index contributed by atoms with van der Waals surface area (Å²) in [6.45, 7) is 9.26. The smallest absolute Gasteiger partial charge is 0.161 e. The molecule has 0 saturated carbocycles. The number of nitrogens with one attached hydrogen (secondary N) is 1. The van der Waals surface area contributed by atoms with Gasteiger partial charge in [0.15, 0.2) is 5.82 Å². The van der Waals surface area contributed by atoms with Crippen LogP contribution in [-0.4, -0.2) is 16.5 Å². The molecule has 0 aliphatic rings. The standard InChI is InChI=1S/C16H20BrN3/c1-5-8-18-16-14(17)12(4)19-15(20-16)13-7-6-10(2)11(3)9-13/h6-7,9H,5,8H2,1-4H3,(H,18,19,20). The number of hydrogen-bond donors (Lipinski definition) is 1. The molecule has 1 N–H and O–H groups in total. The van der Waals surface area contributed by atoms with Crippen LogP contribution in [0.1, 0.15) is 30.2 Å². The average molecular weight is 334 g/mol. The van der Waals surface area contributed by atoms with Gasteiger partial charge in [-0.3, -0.25) is 0 Å². The van der Waals surface area contributed by atoms with Gasteiger partial charge in [0.05, 0.1) is 10.2 Å². The highest BCUT2D eigenvalue weighted by atomic mass is 79.9. The van der Waals surface area contributed by atoms with Crippen molar-refractivity contribution >= 4 is 21.7 Å². The molecule has 2 aromatic rings. The quantitative estimate of drug-likeness (QED) is 0.884. The van der Waals surface area contributed by atoms with Crippen molar-refractivity contribution in [2.24, 2.45) is 0 Å². The monoisotopic (exact) mass is 333 g/mol. The van der Waals surface area contributed by atoms with Gasteiger partial charge in [-0.1, -0.05) is 19.1 Å². The van der Waals surface area contributed by atoms with Gasteiger partial charge in [-0.2, -0.15) is 0 Å². The number of anilines is 1. The van der Waals surface area contributed by atoms with Crippen molar-refractivity contribution < 1.29 is 0 Å². The molecule has 2 rings (SSSR count). The summed E-state index contributed by atoms with van der Waals surface area (Å²) in [4.78, 5) is 9.23. The lowest BCUT2D eigenvalue weighted by Crippen LogP contribution is -2.06. The van der Waals surface area contributed by atoms with Crippen LogP contribution in [0.4, 0.5) is 5.82 Å². The Hall–Kier alpha value is -1.42. The van der Waals surface area contributed by atoms with E-state index in [9.17, 15) is 0 Å². The summed E-state index contributed by atoms with van der Waals surface area (Å²) in [7, 11) is 0. The van der Waals surface area contributed by atoms with E-state index in [0.717, 1.165) is 40.3 Å². The fourth-order valence-electron chi connectivity index (χ4n) is 1.93. The van der Waals surface area contributed by atoms with E-state index in [0.29, 0.717) is 0 Å². The molecule has 1 aromatic carbocycles. The Kier molecular flexibility index (Phi) is 4.76. The van der Waals surface area contributed by atoms with Crippen molar-refractivity contribution in [1.29, 1.82) is 0 Å². The van der Waals surface area contributed by atoms with E-state index >= 15 is 0 Å². The average Bonchev–Trinajstić information content (AvgIpc) is 2.43. The SMILES string of the molecule is CCCNc1nc(-c2ccc(C)c(C)c2)nc(C)c1Br. The number of nitrogens with zero attached hydrogens (tertiary/aromatic N) is 2. The minimum Gasteiger partial charge on any atom is -0.369 e. The van der Waals surface area contributed by atoms with Gasteiger partial charge in [0.1, 0.15) is 5.82 Å². The fraction of sp³-hybridized carbons (Fsp3) is 0.375. The van der Waals surface area contributed by atoms with E-state index in [2.05, 4.69) is 70.2 Å². The molecule has 106 valence electrons. The zero-order valence-corrected chi connectivity index (χ0v) is 14.0. The van der Waals surface area contributed by atoms with Crippen LogP contribution in [0, 0.1) is 20.8 Å². The molecule has 1 aromatic heterocycles. The third-order valence-electron chi connectivity index (χ3n) is 3.32. The van der Waals surface area contributed by atoms with Crippen molar-refractivity contribution in [2.45, 2.75) is 34.1 Å². The molecule has 0 fully saturated rings. The van der Waals surface area contributed by atoms with Gasteiger partial charge in [-0.15, -0.1) is 0 Å². The number of aromatic nitrogens is 2. The fourth-order valence-corrected chi connectivity index (χ4v) is 2.25. The van der Waals surface area contributed by atoms with Gasteiger partial charge in [0.25, 0.3) is 0 Å². The van der Waals surface area contributed by atoms with E-state index in [4.69, 9.17) is 0 Å². The normalized spacial score (nSPS) is 10.7. The molecule has 4 heteroatoms. The molecule has 0 saturated heterocycles. The van der Waals surface area contributed by atoms with Crippen LogP contribution in [0.3, 0.4) is 0 Å². The van der Waals surface area contributed by atoms with Crippen LogP contribution in [0.2, 0.25) is 0 Å². The lowest BCUT2D eigenvalue weighted by Gasteiger charge is -2.11. The summed E-state index contributed by atoms with van der Waals surface area (Å²) < 4.78 is 0.943. The molecular formula is C16H20BrN3. The number of hydrogen-bond acceptors (Lipinski definition) is 3. The topological polar surface area (TPSA) is 37.8 Å². The Balaban J connectivity index is 2.45. The Labute approximate surface area is 129 Å². The molecule has 0 aliphatic carbocycles. The molecule has 0 aliphatic heterocycles. The highest BCUT2D eigenvalue weighted by molar-refractivity contribution is 9.10. The van der Waals surface area contributed by atoms with Crippen LogP contribution >= 0.6 is 15.9 Å². The first-order valence-corrected chi connectivity index (χ1v) is 7.68. The molecule has 0 unspecified atom stereocenters. The zero-order chi connectivity index (χ0) is 14.7. The highest BCUT2D eigenvalue weighted by Crippen LogP contribution is 2.27. The Bertz CT molecular complexity index is 623. The van der Waals surface area contributed by atoms with Crippen LogP contribution in [0.5, 0.6) is 0 Å². The lowest BCUT2D eigenvalue weighted by molar-refractivity contribution is 0.958. The second-order valence-corrected chi connectivity index (χ2v) is 5.81. The van der Waals surface area contributed by atoms with E-state index in [1.54, 1.807) is 0 Å². The Morgan fingerprint density at radius 1 is 1.10 bits per heavy atom. The minimum atomic E-state index is 0.771. The lowest BCUT2D eigenvalue weighted by atomic mass is 10.1. The van der Waals surface area contributed by atoms with Crippen molar-refractivity contribution in [2.75, 3.05) is 11.9 Å². The second kappa shape index (κ2) is 6.35. The maximum Gasteiger partial charge on any atom is 0.161 e. The molecule has 0 spiro atoms. The minimum absolute atomic E-state index is 0.771. The summed E-state index contributed by atoms with van der Waals surface area (Å²) >= 11 is 3.56. The number of aryl methyl sites for hydroxylation is 3. The van der Waals surface area contributed by atoms with Crippen molar-refractivity contribution in [1.82, 2.24) is 9.97 Å². The van der Waals surface area contributed by atoms with Gasteiger partial charge in [-0.25, -0.2) is 9.97 Å². The maximum absolute atomic E-state index is 4.64. The summed E-state index contributed by atoms with van der Waals surface area (Å²) in [6, 6.07) is 6.33. The van der Waals surface area contributed by atoms with Gasteiger partial charge < -0.3 is 5.32 Å². The number of halogens is 1. The molecule has 0 radical (unpaired) electrons. The largest absolute Gasteiger partial charge is 0.369 e. The molecule has 0 atom stereocenters.